The molecule has 3 aliphatic rings. The average molecular weight is 498 g/mol. The molecule has 2 aromatic rings. The molecular weight excluding hydrogens is 462 g/mol. The van der Waals surface area contributed by atoms with Crippen molar-refractivity contribution in [2.45, 2.75) is 30.2 Å². The number of likely N-dealkylation sites (N-methyl/N-ethyl adjacent to an activating group) is 1. The molecule has 188 valence electrons. The lowest BCUT2D eigenvalue weighted by Gasteiger charge is -2.47. The second-order valence-electron chi connectivity index (χ2n) is 10.3. The van der Waals surface area contributed by atoms with E-state index in [-0.39, 0.29) is 11.8 Å². The van der Waals surface area contributed by atoms with Crippen molar-refractivity contribution in [2.24, 2.45) is 11.8 Å². The predicted molar refractivity (Wildman–Crippen MR) is 137 cm³/mol. The van der Waals surface area contributed by atoms with E-state index in [0.717, 1.165) is 50.3 Å². The Morgan fingerprint density at radius 2 is 1.71 bits per heavy atom. The van der Waals surface area contributed by atoms with Crippen molar-refractivity contribution in [1.82, 2.24) is 9.80 Å². The number of methoxy groups -OCH3 is 1. The zero-order chi connectivity index (χ0) is 24.7. The van der Waals surface area contributed by atoms with Crippen molar-refractivity contribution in [2.75, 3.05) is 58.0 Å². The molecule has 0 aromatic heterocycles. The fourth-order valence-electron chi connectivity index (χ4n) is 6.22. The van der Waals surface area contributed by atoms with E-state index in [0.29, 0.717) is 29.9 Å². The van der Waals surface area contributed by atoms with Gasteiger partial charge in [0.25, 0.3) is 0 Å². The first-order valence-corrected chi connectivity index (χ1v) is 14.3. The lowest BCUT2D eigenvalue weighted by Crippen LogP contribution is -2.56. The van der Waals surface area contributed by atoms with Crippen molar-refractivity contribution in [3.8, 4) is 5.75 Å². The zero-order valence-electron chi connectivity index (χ0n) is 20.8. The molecule has 2 aliphatic heterocycles. The number of hydrogen-bond donors (Lipinski definition) is 0. The lowest BCUT2D eigenvalue weighted by atomic mass is 9.72. The molecule has 3 atom stereocenters. The fraction of sp³-hybridized carbons (Fsp3) is 0.519. The maximum absolute atomic E-state index is 13.5. The number of carbonyl (C=O) groups excluding carboxylic acids is 1. The van der Waals surface area contributed by atoms with Gasteiger partial charge in [-0.05, 0) is 73.7 Å². The standard InChI is InChI=1S/C27H35N3O4S/c1-28-18-21(15-20-16-24-19(17-25(20)28)5-4-6-26(24)34-2)27(31)30-13-11-29(12-14-30)22-7-9-23(10-8-22)35(3,32)33/h4-10,20-21,25H,11-18H2,1-3H3/t20-,21-,25-/m1/s1. The van der Waals surface area contributed by atoms with E-state index in [1.54, 1.807) is 19.2 Å². The van der Waals surface area contributed by atoms with E-state index in [2.05, 4.69) is 29.0 Å². The molecule has 1 aliphatic carbocycles. The van der Waals surface area contributed by atoms with Crippen molar-refractivity contribution in [3.63, 3.8) is 0 Å². The molecule has 35 heavy (non-hydrogen) atoms. The van der Waals surface area contributed by atoms with Crippen LogP contribution in [0.2, 0.25) is 0 Å². The van der Waals surface area contributed by atoms with Crippen LogP contribution in [0.15, 0.2) is 47.4 Å². The third-order valence-electron chi connectivity index (χ3n) is 8.12. The van der Waals surface area contributed by atoms with Gasteiger partial charge in [-0.1, -0.05) is 12.1 Å². The first-order valence-electron chi connectivity index (χ1n) is 12.4. The van der Waals surface area contributed by atoms with Crippen LogP contribution in [0.25, 0.3) is 0 Å². The van der Waals surface area contributed by atoms with Crippen LogP contribution in [0.1, 0.15) is 17.5 Å². The minimum absolute atomic E-state index is 0.0260. The third-order valence-corrected chi connectivity index (χ3v) is 9.25. The summed E-state index contributed by atoms with van der Waals surface area (Å²) in [5, 5.41) is 0. The van der Waals surface area contributed by atoms with Crippen LogP contribution in [0.3, 0.4) is 0 Å². The highest BCUT2D eigenvalue weighted by Gasteiger charge is 2.41. The van der Waals surface area contributed by atoms with Crippen LogP contribution in [0.4, 0.5) is 5.69 Å². The molecule has 1 amide bonds. The van der Waals surface area contributed by atoms with Gasteiger partial charge in [0.1, 0.15) is 5.75 Å². The Morgan fingerprint density at radius 3 is 2.37 bits per heavy atom. The molecule has 0 saturated carbocycles. The molecule has 0 radical (unpaired) electrons. The Morgan fingerprint density at radius 1 is 1.00 bits per heavy atom. The van der Waals surface area contributed by atoms with Crippen LogP contribution in [0, 0.1) is 11.8 Å². The monoisotopic (exact) mass is 497 g/mol. The van der Waals surface area contributed by atoms with E-state index < -0.39 is 9.84 Å². The minimum atomic E-state index is -3.20. The van der Waals surface area contributed by atoms with Crippen molar-refractivity contribution in [3.05, 3.63) is 53.6 Å². The van der Waals surface area contributed by atoms with Crippen molar-refractivity contribution < 1.29 is 17.9 Å². The third kappa shape index (κ3) is 4.78. The highest BCUT2D eigenvalue weighted by atomic mass is 32.2. The Kier molecular flexibility index (Phi) is 6.53. The van der Waals surface area contributed by atoms with Crippen LogP contribution >= 0.6 is 0 Å². The van der Waals surface area contributed by atoms with Gasteiger partial charge in [0, 0.05) is 50.7 Å². The van der Waals surface area contributed by atoms with Gasteiger partial charge in [-0.3, -0.25) is 4.79 Å². The number of likely N-dealkylation sites (tertiary alicyclic amines) is 1. The van der Waals surface area contributed by atoms with Crippen molar-refractivity contribution in [1.29, 1.82) is 0 Å². The molecule has 2 fully saturated rings. The van der Waals surface area contributed by atoms with Gasteiger partial charge in [-0.25, -0.2) is 8.42 Å². The van der Waals surface area contributed by atoms with E-state index in [4.69, 9.17) is 4.74 Å². The molecule has 2 heterocycles. The number of hydrogen-bond acceptors (Lipinski definition) is 6. The summed E-state index contributed by atoms with van der Waals surface area (Å²) in [6, 6.07) is 13.9. The number of fused-ring (bicyclic) bond motifs is 2. The Bertz CT molecular complexity index is 1190. The van der Waals surface area contributed by atoms with Crippen LogP contribution in [0.5, 0.6) is 5.75 Å². The van der Waals surface area contributed by atoms with Gasteiger partial charge in [-0.15, -0.1) is 0 Å². The number of rotatable bonds is 4. The highest BCUT2D eigenvalue weighted by molar-refractivity contribution is 7.90. The summed E-state index contributed by atoms with van der Waals surface area (Å²) >= 11 is 0. The number of amides is 1. The largest absolute Gasteiger partial charge is 0.496 e. The van der Waals surface area contributed by atoms with Crippen LogP contribution in [-0.4, -0.2) is 83.3 Å². The maximum Gasteiger partial charge on any atom is 0.227 e. The summed E-state index contributed by atoms with van der Waals surface area (Å²) < 4.78 is 29.1. The second-order valence-corrected chi connectivity index (χ2v) is 12.3. The summed E-state index contributed by atoms with van der Waals surface area (Å²) in [6.07, 6.45) is 4.14. The van der Waals surface area contributed by atoms with E-state index in [1.807, 2.05) is 23.1 Å². The SMILES string of the molecule is COc1cccc2c1C[C@H]1C[C@@H](C(=O)N3CCN(c4ccc(S(C)(=O)=O)cc4)CC3)CN(C)[C@@H]1C2. The van der Waals surface area contributed by atoms with E-state index >= 15 is 0 Å². The van der Waals surface area contributed by atoms with E-state index in [1.165, 1.54) is 17.4 Å². The summed E-state index contributed by atoms with van der Waals surface area (Å²) in [5.74, 6) is 1.73. The first-order chi connectivity index (χ1) is 16.7. The Balaban J connectivity index is 1.22. The molecule has 2 aromatic carbocycles. The van der Waals surface area contributed by atoms with Gasteiger partial charge >= 0.3 is 0 Å². The molecule has 7 nitrogen and oxygen atoms in total. The molecule has 2 saturated heterocycles. The molecule has 8 heteroatoms. The van der Waals surface area contributed by atoms with E-state index in [9.17, 15) is 13.2 Å². The Hall–Kier alpha value is -2.58. The summed E-state index contributed by atoms with van der Waals surface area (Å²) in [4.78, 5) is 20.5. The molecular formula is C27H35N3O4S. The Labute approximate surface area is 208 Å². The van der Waals surface area contributed by atoms with Gasteiger partial charge in [0.2, 0.25) is 5.91 Å². The lowest BCUT2D eigenvalue weighted by molar-refractivity contribution is -0.139. The number of piperazine rings is 1. The number of ether oxygens (including phenoxy) is 1. The summed E-state index contributed by atoms with van der Waals surface area (Å²) in [6.45, 7) is 3.70. The normalized spacial score (nSPS) is 25.1. The number of carbonyl (C=O) groups is 1. The van der Waals surface area contributed by atoms with Crippen LogP contribution in [-0.2, 0) is 27.5 Å². The minimum Gasteiger partial charge on any atom is -0.496 e. The molecule has 0 unspecified atom stereocenters. The predicted octanol–water partition coefficient (Wildman–Crippen LogP) is 2.48. The highest BCUT2D eigenvalue weighted by Crippen LogP contribution is 2.40. The van der Waals surface area contributed by atoms with Gasteiger partial charge in [-0.2, -0.15) is 0 Å². The smallest absolute Gasteiger partial charge is 0.227 e. The molecule has 5 rings (SSSR count). The maximum atomic E-state index is 13.5. The topological polar surface area (TPSA) is 70.2 Å². The molecule has 0 N–H and O–H groups in total. The fourth-order valence-corrected chi connectivity index (χ4v) is 6.85. The zero-order valence-corrected chi connectivity index (χ0v) is 21.6. The quantitative estimate of drug-likeness (QED) is 0.647. The van der Waals surface area contributed by atoms with Crippen LogP contribution < -0.4 is 9.64 Å². The second kappa shape index (κ2) is 9.47. The summed E-state index contributed by atoms with van der Waals surface area (Å²) in [7, 11) is 0.705. The van der Waals surface area contributed by atoms with Crippen molar-refractivity contribution >= 4 is 21.4 Å². The van der Waals surface area contributed by atoms with Gasteiger partial charge in [0.15, 0.2) is 9.84 Å². The number of anilines is 1. The average Bonchev–Trinajstić information content (AvgIpc) is 2.86. The molecule has 0 spiro atoms. The van der Waals surface area contributed by atoms with Gasteiger partial charge < -0.3 is 19.4 Å². The number of benzene rings is 2. The molecule has 0 bridgehead atoms. The number of piperidine rings is 1. The van der Waals surface area contributed by atoms with Gasteiger partial charge in [0.05, 0.1) is 17.9 Å². The summed E-state index contributed by atoms with van der Waals surface area (Å²) in [5.41, 5.74) is 3.69. The number of nitrogens with zero attached hydrogens (tertiary/aromatic N) is 3. The first kappa shape index (κ1) is 24.1. The number of sulfone groups is 1.